The number of benzene rings is 1. The predicted molar refractivity (Wildman–Crippen MR) is 57.8 cm³/mol. The summed E-state index contributed by atoms with van der Waals surface area (Å²) in [7, 11) is -4.52. The Morgan fingerprint density at radius 1 is 1.25 bits per heavy atom. The molecule has 4 nitrogen and oxygen atoms in total. The molecule has 0 aliphatic heterocycles. The van der Waals surface area contributed by atoms with E-state index in [9.17, 15) is 12.3 Å². The maximum atomic E-state index is 12.4. The molecule has 0 saturated heterocycles. The third-order valence-corrected chi connectivity index (χ3v) is 2.68. The maximum absolute atomic E-state index is 12.4. The molecule has 0 radical (unpaired) electrons. The fraction of sp³-hybridized carbons (Fsp3) is 0.100. The highest BCUT2D eigenvalue weighted by Crippen LogP contribution is 2.17. The summed E-state index contributed by atoms with van der Waals surface area (Å²) in [6.07, 6.45) is 0. The van der Waals surface area contributed by atoms with Gasteiger partial charge in [-0.1, -0.05) is 30.3 Å². The standard InChI is InChI=1S/C10H9FN2O2S/c11-16(14,15)7-9-6-10(13-12-9)8-4-2-1-3-5-8/h1-6H,7H2,(H,12,13). The zero-order valence-electron chi connectivity index (χ0n) is 8.22. The molecular formula is C10H9FN2O2S. The first-order valence-corrected chi connectivity index (χ1v) is 6.12. The van der Waals surface area contributed by atoms with Crippen molar-refractivity contribution < 1.29 is 12.3 Å². The number of H-pyrrole nitrogens is 1. The summed E-state index contributed by atoms with van der Waals surface area (Å²) in [5.41, 5.74) is 1.68. The van der Waals surface area contributed by atoms with Gasteiger partial charge in [0.1, 0.15) is 5.75 Å². The van der Waals surface area contributed by atoms with E-state index < -0.39 is 16.0 Å². The number of aromatic amines is 1. The van der Waals surface area contributed by atoms with Gasteiger partial charge in [0.15, 0.2) is 0 Å². The molecule has 1 aromatic heterocycles. The molecular weight excluding hydrogens is 231 g/mol. The lowest BCUT2D eigenvalue weighted by molar-refractivity contribution is 0.550. The first-order valence-electron chi connectivity index (χ1n) is 4.57. The number of nitrogens with one attached hydrogen (secondary N) is 1. The van der Waals surface area contributed by atoms with Crippen molar-refractivity contribution in [1.29, 1.82) is 0 Å². The Bertz CT molecular complexity index is 578. The Morgan fingerprint density at radius 3 is 2.56 bits per heavy atom. The van der Waals surface area contributed by atoms with Crippen molar-refractivity contribution in [2.24, 2.45) is 0 Å². The second-order valence-electron chi connectivity index (χ2n) is 3.33. The monoisotopic (exact) mass is 240 g/mol. The van der Waals surface area contributed by atoms with E-state index in [1.807, 2.05) is 30.3 Å². The van der Waals surface area contributed by atoms with Crippen LogP contribution in [0.4, 0.5) is 3.89 Å². The van der Waals surface area contributed by atoms with Crippen LogP contribution in [0.5, 0.6) is 0 Å². The summed E-state index contributed by atoms with van der Waals surface area (Å²) >= 11 is 0. The van der Waals surface area contributed by atoms with E-state index in [2.05, 4.69) is 10.2 Å². The second-order valence-corrected chi connectivity index (χ2v) is 4.69. The molecule has 0 atom stereocenters. The fourth-order valence-electron chi connectivity index (χ4n) is 1.38. The summed E-state index contributed by atoms with van der Waals surface area (Å²) in [4.78, 5) is 0. The van der Waals surface area contributed by atoms with Crippen LogP contribution in [0, 0.1) is 0 Å². The zero-order valence-corrected chi connectivity index (χ0v) is 9.04. The first-order chi connectivity index (χ1) is 7.54. The van der Waals surface area contributed by atoms with Gasteiger partial charge in [0.25, 0.3) is 0 Å². The van der Waals surface area contributed by atoms with Gasteiger partial charge in [0.2, 0.25) is 0 Å². The molecule has 1 aromatic carbocycles. The van der Waals surface area contributed by atoms with Crippen molar-refractivity contribution in [3.63, 3.8) is 0 Å². The van der Waals surface area contributed by atoms with Crippen LogP contribution in [-0.2, 0) is 16.0 Å². The largest absolute Gasteiger partial charge is 0.308 e. The highest BCUT2D eigenvalue weighted by molar-refractivity contribution is 7.85. The van der Waals surface area contributed by atoms with E-state index in [-0.39, 0.29) is 5.69 Å². The van der Waals surface area contributed by atoms with Crippen LogP contribution in [0.15, 0.2) is 36.4 Å². The van der Waals surface area contributed by atoms with Gasteiger partial charge >= 0.3 is 10.2 Å². The third-order valence-electron chi connectivity index (χ3n) is 2.03. The SMILES string of the molecule is O=S(=O)(F)Cc1cc(-c2ccccc2)n[nH]1. The number of hydrogen-bond acceptors (Lipinski definition) is 3. The number of rotatable bonds is 3. The average molecular weight is 240 g/mol. The number of aromatic nitrogens is 2. The van der Waals surface area contributed by atoms with Gasteiger partial charge in [-0.3, -0.25) is 5.10 Å². The van der Waals surface area contributed by atoms with Crippen molar-refractivity contribution in [3.05, 3.63) is 42.1 Å². The lowest BCUT2D eigenvalue weighted by Gasteiger charge is -1.92. The summed E-state index contributed by atoms with van der Waals surface area (Å²) in [6.45, 7) is 0. The Balaban J connectivity index is 2.27. The number of hydrogen-bond donors (Lipinski definition) is 1. The van der Waals surface area contributed by atoms with Crippen molar-refractivity contribution >= 4 is 10.2 Å². The van der Waals surface area contributed by atoms with Crippen LogP contribution in [0.3, 0.4) is 0 Å². The van der Waals surface area contributed by atoms with Gasteiger partial charge in [-0.25, -0.2) is 0 Å². The molecule has 2 aromatic rings. The first kappa shape index (κ1) is 10.8. The molecule has 1 heterocycles. The van der Waals surface area contributed by atoms with Gasteiger partial charge in [-0.2, -0.15) is 13.5 Å². The van der Waals surface area contributed by atoms with E-state index in [0.29, 0.717) is 5.69 Å². The quantitative estimate of drug-likeness (QED) is 0.833. The highest BCUT2D eigenvalue weighted by Gasteiger charge is 2.12. The Labute approximate surface area is 92.3 Å². The van der Waals surface area contributed by atoms with Gasteiger partial charge in [0, 0.05) is 5.56 Å². The summed E-state index contributed by atoms with van der Waals surface area (Å²) in [5, 5.41) is 6.41. The van der Waals surface area contributed by atoms with Gasteiger partial charge in [-0.05, 0) is 6.07 Å². The molecule has 0 aliphatic carbocycles. The summed E-state index contributed by atoms with van der Waals surface area (Å²) < 4.78 is 33.3. The minimum Gasteiger partial charge on any atom is -0.281 e. The normalized spacial score (nSPS) is 11.6. The molecule has 2 rings (SSSR count). The molecule has 0 spiro atoms. The van der Waals surface area contributed by atoms with Crippen LogP contribution in [-0.4, -0.2) is 18.6 Å². The van der Waals surface area contributed by atoms with Gasteiger partial charge in [-0.15, -0.1) is 3.89 Å². The number of halogens is 1. The maximum Gasteiger partial charge on any atom is 0.308 e. The lowest BCUT2D eigenvalue weighted by Crippen LogP contribution is -1.95. The molecule has 16 heavy (non-hydrogen) atoms. The van der Waals surface area contributed by atoms with Crippen molar-refractivity contribution in [2.45, 2.75) is 5.75 Å². The topological polar surface area (TPSA) is 62.8 Å². The molecule has 0 aliphatic rings. The molecule has 0 bridgehead atoms. The number of nitrogens with zero attached hydrogens (tertiary/aromatic N) is 1. The van der Waals surface area contributed by atoms with Crippen LogP contribution in [0.1, 0.15) is 5.69 Å². The molecule has 1 N–H and O–H groups in total. The fourth-order valence-corrected chi connectivity index (χ4v) is 1.90. The molecule has 0 fully saturated rings. The van der Waals surface area contributed by atoms with Crippen LogP contribution in [0.2, 0.25) is 0 Å². The minimum atomic E-state index is -4.52. The second kappa shape index (κ2) is 4.05. The van der Waals surface area contributed by atoms with E-state index in [1.54, 1.807) is 0 Å². The van der Waals surface area contributed by atoms with Crippen LogP contribution >= 0.6 is 0 Å². The Kier molecular flexibility index (Phi) is 2.74. The van der Waals surface area contributed by atoms with Gasteiger partial charge in [0.05, 0.1) is 11.4 Å². The lowest BCUT2D eigenvalue weighted by atomic mass is 10.1. The zero-order chi connectivity index (χ0) is 11.6. The van der Waals surface area contributed by atoms with E-state index >= 15 is 0 Å². The Hall–Kier alpha value is -1.69. The van der Waals surface area contributed by atoms with Crippen molar-refractivity contribution in [1.82, 2.24) is 10.2 Å². The Morgan fingerprint density at radius 2 is 1.94 bits per heavy atom. The average Bonchev–Trinajstić information content (AvgIpc) is 2.65. The van der Waals surface area contributed by atoms with Crippen molar-refractivity contribution in [2.75, 3.05) is 0 Å². The van der Waals surface area contributed by atoms with Crippen molar-refractivity contribution in [3.8, 4) is 11.3 Å². The van der Waals surface area contributed by atoms with Crippen LogP contribution < -0.4 is 0 Å². The third kappa shape index (κ3) is 2.66. The molecule has 6 heteroatoms. The van der Waals surface area contributed by atoms with E-state index in [1.165, 1.54) is 6.07 Å². The summed E-state index contributed by atoms with van der Waals surface area (Å²) in [6, 6.07) is 10.7. The highest BCUT2D eigenvalue weighted by atomic mass is 32.3. The molecule has 0 amide bonds. The van der Waals surface area contributed by atoms with Crippen LogP contribution in [0.25, 0.3) is 11.3 Å². The minimum absolute atomic E-state index is 0.237. The van der Waals surface area contributed by atoms with E-state index in [0.717, 1.165) is 5.56 Å². The van der Waals surface area contributed by atoms with E-state index in [4.69, 9.17) is 0 Å². The van der Waals surface area contributed by atoms with Gasteiger partial charge < -0.3 is 0 Å². The predicted octanol–water partition coefficient (Wildman–Crippen LogP) is 1.88. The molecule has 84 valence electrons. The molecule has 0 saturated carbocycles. The smallest absolute Gasteiger partial charge is 0.281 e. The molecule has 0 unspecified atom stereocenters. The summed E-state index contributed by atoms with van der Waals surface area (Å²) in [5.74, 6) is -0.674.